The van der Waals surface area contributed by atoms with Crippen LogP contribution in [0.2, 0.25) is 0 Å². The van der Waals surface area contributed by atoms with Crippen LogP contribution in [0.5, 0.6) is 5.75 Å². The lowest BCUT2D eigenvalue weighted by Crippen LogP contribution is -2.39. The van der Waals surface area contributed by atoms with E-state index in [9.17, 15) is 4.79 Å². The molecule has 0 saturated carbocycles. The molecule has 0 aromatic heterocycles. The summed E-state index contributed by atoms with van der Waals surface area (Å²) in [6.07, 6.45) is 2.66. The summed E-state index contributed by atoms with van der Waals surface area (Å²) < 4.78 is 6.06. The number of hydrogen-bond donors (Lipinski definition) is 1. The first-order valence-corrected chi connectivity index (χ1v) is 11.8. The van der Waals surface area contributed by atoms with Crippen molar-refractivity contribution in [3.63, 3.8) is 0 Å². The number of amides is 1. The Hall–Kier alpha value is -3.01. The lowest BCUT2D eigenvalue weighted by molar-refractivity contribution is -0.128. The summed E-state index contributed by atoms with van der Waals surface area (Å²) >= 11 is 0. The topological polar surface area (TPSA) is 41.6 Å². The van der Waals surface area contributed by atoms with Gasteiger partial charge in [-0.15, -0.1) is 0 Å². The minimum Gasteiger partial charge on any atom is -0.481 e. The number of nitrogens with zero attached hydrogens (tertiary/aromatic N) is 1. The maximum Gasteiger partial charge on any atom is 0.261 e. The van der Waals surface area contributed by atoms with Gasteiger partial charge in [0.2, 0.25) is 0 Å². The van der Waals surface area contributed by atoms with Crippen molar-refractivity contribution in [3.8, 4) is 5.75 Å². The van der Waals surface area contributed by atoms with E-state index in [-0.39, 0.29) is 11.9 Å². The third kappa shape index (κ3) is 5.24. The summed E-state index contributed by atoms with van der Waals surface area (Å²) in [5, 5.41) is 5.40. The van der Waals surface area contributed by atoms with Crippen LogP contribution < -0.4 is 15.0 Å². The average Bonchev–Trinajstić information content (AvgIpc) is 2.82. The van der Waals surface area contributed by atoms with Crippen LogP contribution in [0.15, 0.2) is 66.7 Å². The van der Waals surface area contributed by atoms with Crippen molar-refractivity contribution in [3.05, 3.63) is 72.3 Å². The summed E-state index contributed by atoms with van der Waals surface area (Å²) in [4.78, 5) is 15.4. The molecule has 1 aliphatic rings. The molecule has 0 radical (unpaired) electrons. The Kier molecular flexibility index (Phi) is 6.99. The van der Waals surface area contributed by atoms with Gasteiger partial charge in [0.25, 0.3) is 5.91 Å². The number of fused-ring (bicyclic) bond motifs is 1. The van der Waals surface area contributed by atoms with Crippen LogP contribution in [-0.4, -0.2) is 25.1 Å². The number of carbonyl (C=O) groups is 1. The summed E-state index contributed by atoms with van der Waals surface area (Å²) in [6.45, 7) is 8.57. The Morgan fingerprint density at radius 2 is 1.84 bits per heavy atom. The van der Waals surface area contributed by atoms with Crippen LogP contribution in [0.25, 0.3) is 10.8 Å². The molecular formula is C28H34N2O2. The number of hydrogen-bond acceptors (Lipinski definition) is 3. The highest BCUT2D eigenvalue weighted by molar-refractivity contribution is 5.84. The van der Waals surface area contributed by atoms with Crippen LogP contribution in [0.3, 0.4) is 0 Å². The van der Waals surface area contributed by atoms with Gasteiger partial charge in [-0.05, 0) is 72.7 Å². The average molecular weight is 431 g/mol. The zero-order valence-corrected chi connectivity index (χ0v) is 19.4. The summed E-state index contributed by atoms with van der Waals surface area (Å²) in [6, 6.07) is 22.7. The van der Waals surface area contributed by atoms with Crippen molar-refractivity contribution >= 4 is 22.4 Å². The highest BCUT2D eigenvalue weighted by Gasteiger charge is 2.21. The lowest BCUT2D eigenvalue weighted by Gasteiger charge is -2.33. The van der Waals surface area contributed by atoms with E-state index in [2.05, 4.69) is 53.5 Å². The Morgan fingerprint density at radius 1 is 1.09 bits per heavy atom. The van der Waals surface area contributed by atoms with Gasteiger partial charge in [-0.25, -0.2) is 0 Å². The Morgan fingerprint density at radius 3 is 2.56 bits per heavy atom. The molecule has 1 saturated heterocycles. The molecule has 3 aromatic carbocycles. The predicted octanol–water partition coefficient (Wildman–Crippen LogP) is 6.11. The Bertz CT molecular complexity index is 1050. The third-order valence-corrected chi connectivity index (χ3v) is 6.44. The van der Waals surface area contributed by atoms with E-state index < -0.39 is 6.10 Å². The van der Waals surface area contributed by atoms with Crippen LogP contribution in [-0.2, 0) is 4.79 Å². The predicted molar refractivity (Wildman–Crippen MR) is 132 cm³/mol. The highest BCUT2D eigenvalue weighted by atomic mass is 16.5. The van der Waals surface area contributed by atoms with E-state index in [1.807, 2.05) is 44.2 Å². The molecule has 4 heteroatoms. The quantitative estimate of drug-likeness (QED) is 0.492. The fourth-order valence-corrected chi connectivity index (χ4v) is 4.51. The molecule has 1 amide bonds. The first-order valence-electron chi connectivity index (χ1n) is 11.8. The molecular weight excluding hydrogens is 396 g/mol. The zero-order valence-electron chi connectivity index (χ0n) is 19.4. The molecule has 168 valence electrons. The van der Waals surface area contributed by atoms with E-state index >= 15 is 0 Å². The number of benzene rings is 3. The van der Waals surface area contributed by atoms with Gasteiger partial charge in [-0.2, -0.15) is 0 Å². The second kappa shape index (κ2) is 10.1. The second-order valence-electron chi connectivity index (χ2n) is 9.04. The standard InChI is InChI=1S/C28H34N2O2/c1-4-27(32-26-16-13-23-9-5-6-10-24(23)18-26)28(31)29-21(3)22-11-14-25(15-12-22)30-17-7-8-20(2)19-30/h5-6,9-16,18,20-21,27H,4,7-8,17,19H2,1-3H3,(H,29,31)/t20-,21-,27-/m0/s1. The molecule has 32 heavy (non-hydrogen) atoms. The first kappa shape index (κ1) is 22.2. The van der Waals surface area contributed by atoms with Gasteiger partial charge in [-0.1, -0.05) is 56.3 Å². The van der Waals surface area contributed by atoms with Gasteiger partial charge >= 0.3 is 0 Å². The number of rotatable bonds is 7. The maximum atomic E-state index is 12.9. The number of ether oxygens (including phenoxy) is 1. The van der Waals surface area contributed by atoms with Crippen LogP contribution in [0.1, 0.15) is 51.6 Å². The molecule has 1 N–H and O–H groups in total. The molecule has 3 atom stereocenters. The molecule has 0 aliphatic carbocycles. The number of carbonyl (C=O) groups excluding carboxylic acids is 1. The van der Waals surface area contributed by atoms with Crippen molar-refractivity contribution in [2.45, 2.75) is 52.2 Å². The highest BCUT2D eigenvalue weighted by Crippen LogP contribution is 2.25. The van der Waals surface area contributed by atoms with E-state index in [0.29, 0.717) is 6.42 Å². The minimum absolute atomic E-state index is 0.0777. The van der Waals surface area contributed by atoms with Gasteiger partial charge in [0.15, 0.2) is 6.10 Å². The monoisotopic (exact) mass is 430 g/mol. The largest absolute Gasteiger partial charge is 0.481 e. The van der Waals surface area contributed by atoms with Gasteiger partial charge in [-0.3, -0.25) is 4.79 Å². The normalized spacial score (nSPS) is 18.2. The van der Waals surface area contributed by atoms with Gasteiger partial charge in [0.05, 0.1) is 6.04 Å². The fraction of sp³-hybridized carbons (Fsp3) is 0.393. The van der Waals surface area contributed by atoms with E-state index in [1.165, 1.54) is 18.5 Å². The number of piperidine rings is 1. The lowest BCUT2D eigenvalue weighted by atomic mass is 9.99. The van der Waals surface area contributed by atoms with Gasteiger partial charge < -0.3 is 15.0 Å². The molecule has 4 rings (SSSR count). The molecule has 1 aliphatic heterocycles. The molecule has 1 fully saturated rings. The SMILES string of the molecule is CC[C@H](Oc1ccc2ccccc2c1)C(=O)N[C@@H](C)c1ccc(N2CCC[C@H](C)C2)cc1. The molecule has 0 unspecified atom stereocenters. The Labute approximate surface area is 191 Å². The van der Waals surface area contributed by atoms with E-state index in [4.69, 9.17) is 4.74 Å². The number of nitrogens with one attached hydrogen (secondary N) is 1. The third-order valence-electron chi connectivity index (χ3n) is 6.44. The van der Waals surface area contributed by atoms with Crippen molar-refractivity contribution in [2.24, 2.45) is 5.92 Å². The summed E-state index contributed by atoms with van der Waals surface area (Å²) in [7, 11) is 0. The van der Waals surface area contributed by atoms with Crippen molar-refractivity contribution in [1.82, 2.24) is 5.32 Å². The number of anilines is 1. The molecule has 0 spiro atoms. The molecule has 0 bridgehead atoms. The first-order chi connectivity index (χ1) is 15.5. The molecule has 3 aromatic rings. The van der Waals surface area contributed by atoms with Crippen molar-refractivity contribution in [2.75, 3.05) is 18.0 Å². The van der Waals surface area contributed by atoms with Crippen LogP contribution in [0, 0.1) is 5.92 Å². The van der Waals surface area contributed by atoms with Crippen LogP contribution in [0.4, 0.5) is 5.69 Å². The van der Waals surface area contributed by atoms with Crippen molar-refractivity contribution in [1.29, 1.82) is 0 Å². The van der Waals surface area contributed by atoms with Crippen molar-refractivity contribution < 1.29 is 9.53 Å². The Balaban J connectivity index is 1.37. The maximum absolute atomic E-state index is 12.9. The smallest absolute Gasteiger partial charge is 0.261 e. The summed E-state index contributed by atoms with van der Waals surface area (Å²) in [5.74, 6) is 1.38. The fourth-order valence-electron chi connectivity index (χ4n) is 4.51. The zero-order chi connectivity index (χ0) is 22.5. The van der Waals surface area contributed by atoms with E-state index in [1.54, 1.807) is 0 Å². The van der Waals surface area contributed by atoms with E-state index in [0.717, 1.165) is 41.1 Å². The minimum atomic E-state index is -0.521. The van der Waals surface area contributed by atoms with Gasteiger partial charge in [0, 0.05) is 18.8 Å². The van der Waals surface area contributed by atoms with Gasteiger partial charge in [0.1, 0.15) is 5.75 Å². The summed E-state index contributed by atoms with van der Waals surface area (Å²) in [5.41, 5.74) is 2.37. The molecule has 4 nitrogen and oxygen atoms in total. The second-order valence-corrected chi connectivity index (χ2v) is 9.04. The van der Waals surface area contributed by atoms with Crippen LogP contribution >= 0.6 is 0 Å². The molecule has 1 heterocycles.